The maximum atomic E-state index is 12.1. The molecule has 1 amide bonds. The quantitative estimate of drug-likeness (QED) is 0.838. The van der Waals surface area contributed by atoms with Crippen molar-refractivity contribution in [2.75, 3.05) is 11.9 Å². The summed E-state index contributed by atoms with van der Waals surface area (Å²) in [4.78, 5) is 12.0. The van der Waals surface area contributed by atoms with Crippen LogP contribution in [-0.4, -0.2) is 24.5 Å². The Bertz CT molecular complexity index is 832. The first kappa shape index (κ1) is 18.9. The lowest BCUT2D eigenvalue weighted by Gasteiger charge is -2.18. The average molecular weight is 381 g/mol. The summed E-state index contributed by atoms with van der Waals surface area (Å²) in [7, 11) is 0. The van der Waals surface area contributed by atoms with Gasteiger partial charge in [-0.3, -0.25) is 4.79 Å². The van der Waals surface area contributed by atoms with Crippen LogP contribution in [0, 0.1) is 0 Å². The fourth-order valence-electron chi connectivity index (χ4n) is 2.78. The Morgan fingerprint density at radius 3 is 2.56 bits per heavy atom. The normalized spacial score (nSPS) is 14.9. The van der Waals surface area contributed by atoms with Crippen molar-refractivity contribution < 1.29 is 32.2 Å². The molecule has 1 aliphatic heterocycles. The van der Waals surface area contributed by atoms with Crippen molar-refractivity contribution in [3.05, 3.63) is 48.0 Å². The summed E-state index contributed by atoms with van der Waals surface area (Å²) in [6, 6.07) is 10.3. The summed E-state index contributed by atoms with van der Waals surface area (Å²) in [6.07, 6.45) is -4.01. The van der Waals surface area contributed by atoms with Gasteiger partial charge in [0.2, 0.25) is 0 Å². The number of anilines is 1. The highest BCUT2D eigenvalue weighted by Crippen LogP contribution is 2.41. The number of hydrogen-bond donors (Lipinski definition) is 1. The Morgan fingerprint density at radius 1 is 1.19 bits per heavy atom. The van der Waals surface area contributed by atoms with Crippen molar-refractivity contribution >= 4 is 11.6 Å². The fourth-order valence-corrected chi connectivity index (χ4v) is 2.78. The van der Waals surface area contributed by atoms with Crippen LogP contribution in [0.2, 0.25) is 0 Å². The van der Waals surface area contributed by atoms with E-state index in [1.54, 1.807) is 6.07 Å². The number of para-hydroxylation sites is 1. The standard InChI is InChI=1S/C19H18F3NO4/c1-18(2)10-12-4-3-5-15(17(12)27-18)25-11-16(24)23-13-6-8-14(9-7-13)26-19(20,21)22/h3-9H,10-11H2,1-2H3,(H,23,24). The van der Waals surface area contributed by atoms with Crippen molar-refractivity contribution in [2.45, 2.75) is 32.2 Å². The smallest absolute Gasteiger partial charge is 0.483 e. The Kier molecular flexibility index (Phi) is 4.91. The number of carbonyl (C=O) groups is 1. The molecule has 0 unspecified atom stereocenters. The minimum atomic E-state index is -4.76. The molecule has 0 spiro atoms. The lowest BCUT2D eigenvalue weighted by atomic mass is 10.0. The van der Waals surface area contributed by atoms with Crippen molar-refractivity contribution in [3.63, 3.8) is 0 Å². The number of alkyl halides is 3. The lowest BCUT2D eigenvalue weighted by Crippen LogP contribution is -2.25. The topological polar surface area (TPSA) is 56.8 Å². The van der Waals surface area contributed by atoms with Gasteiger partial charge in [-0.2, -0.15) is 0 Å². The van der Waals surface area contributed by atoms with E-state index < -0.39 is 12.3 Å². The number of hydrogen-bond acceptors (Lipinski definition) is 4. The largest absolute Gasteiger partial charge is 0.573 e. The molecule has 0 radical (unpaired) electrons. The second-order valence-electron chi connectivity index (χ2n) is 6.69. The Morgan fingerprint density at radius 2 is 1.89 bits per heavy atom. The van der Waals surface area contributed by atoms with Gasteiger partial charge in [0.1, 0.15) is 11.4 Å². The third-order valence-corrected chi connectivity index (χ3v) is 3.79. The van der Waals surface area contributed by atoms with Gasteiger partial charge < -0.3 is 19.5 Å². The molecule has 0 atom stereocenters. The van der Waals surface area contributed by atoms with Crippen LogP contribution in [0.25, 0.3) is 0 Å². The molecular formula is C19H18F3NO4. The highest BCUT2D eigenvalue weighted by atomic mass is 19.4. The summed E-state index contributed by atoms with van der Waals surface area (Å²) >= 11 is 0. The highest BCUT2D eigenvalue weighted by Gasteiger charge is 2.32. The number of amides is 1. The third kappa shape index (κ3) is 5.06. The highest BCUT2D eigenvalue weighted by molar-refractivity contribution is 5.91. The van der Waals surface area contributed by atoms with E-state index in [0.29, 0.717) is 17.2 Å². The van der Waals surface area contributed by atoms with Gasteiger partial charge in [-0.25, -0.2) is 0 Å². The zero-order valence-electron chi connectivity index (χ0n) is 14.7. The van der Waals surface area contributed by atoms with E-state index in [1.807, 2.05) is 26.0 Å². The van der Waals surface area contributed by atoms with Crippen LogP contribution in [0.15, 0.2) is 42.5 Å². The molecule has 0 bridgehead atoms. The summed E-state index contributed by atoms with van der Waals surface area (Å²) in [5.41, 5.74) is 1.01. The molecule has 27 heavy (non-hydrogen) atoms. The fraction of sp³-hybridized carbons (Fsp3) is 0.316. The molecule has 0 saturated heterocycles. The number of halogens is 3. The van der Waals surface area contributed by atoms with E-state index in [9.17, 15) is 18.0 Å². The minimum Gasteiger partial charge on any atom is -0.483 e. The van der Waals surface area contributed by atoms with Gasteiger partial charge >= 0.3 is 6.36 Å². The first-order valence-corrected chi connectivity index (χ1v) is 8.21. The van der Waals surface area contributed by atoms with Crippen molar-refractivity contribution in [2.24, 2.45) is 0 Å². The predicted octanol–water partition coefficient (Wildman–Crippen LogP) is 4.32. The minimum absolute atomic E-state index is 0.263. The first-order chi connectivity index (χ1) is 12.6. The molecule has 0 saturated carbocycles. The summed E-state index contributed by atoms with van der Waals surface area (Å²) in [5, 5.41) is 2.54. The van der Waals surface area contributed by atoms with E-state index in [-0.39, 0.29) is 18.0 Å². The van der Waals surface area contributed by atoms with Gasteiger partial charge in [0.05, 0.1) is 0 Å². The molecule has 1 N–H and O–H groups in total. The number of ether oxygens (including phenoxy) is 3. The molecule has 2 aromatic carbocycles. The summed E-state index contributed by atoms with van der Waals surface area (Å²) in [5.74, 6) is 0.289. The van der Waals surface area contributed by atoms with Gasteiger partial charge in [-0.1, -0.05) is 12.1 Å². The summed E-state index contributed by atoms with van der Waals surface area (Å²) < 4.78 is 51.6. The molecule has 5 nitrogen and oxygen atoms in total. The second kappa shape index (κ2) is 7.02. The van der Waals surface area contributed by atoms with Crippen LogP contribution in [0.5, 0.6) is 17.2 Å². The van der Waals surface area contributed by atoms with Crippen LogP contribution in [0.4, 0.5) is 18.9 Å². The number of benzene rings is 2. The maximum absolute atomic E-state index is 12.1. The molecule has 144 valence electrons. The van der Waals surface area contributed by atoms with Crippen molar-refractivity contribution in [1.82, 2.24) is 0 Å². The Balaban J connectivity index is 1.56. The Hall–Kier alpha value is -2.90. The molecule has 0 aromatic heterocycles. The van der Waals surface area contributed by atoms with Crippen LogP contribution in [-0.2, 0) is 11.2 Å². The van der Waals surface area contributed by atoms with Gasteiger partial charge in [0.15, 0.2) is 18.1 Å². The number of carbonyl (C=O) groups excluding carboxylic acids is 1. The van der Waals surface area contributed by atoms with Gasteiger partial charge in [-0.05, 0) is 44.2 Å². The molecule has 3 rings (SSSR count). The van der Waals surface area contributed by atoms with Gasteiger partial charge in [-0.15, -0.1) is 13.2 Å². The van der Waals surface area contributed by atoms with Crippen LogP contribution in [0.3, 0.4) is 0 Å². The van der Waals surface area contributed by atoms with E-state index in [0.717, 1.165) is 24.1 Å². The van der Waals surface area contributed by atoms with E-state index in [2.05, 4.69) is 10.1 Å². The third-order valence-electron chi connectivity index (χ3n) is 3.79. The predicted molar refractivity (Wildman–Crippen MR) is 92.1 cm³/mol. The second-order valence-corrected chi connectivity index (χ2v) is 6.69. The molecule has 1 heterocycles. The van der Waals surface area contributed by atoms with Crippen molar-refractivity contribution in [1.29, 1.82) is 0 Å². The van der Waals surface area contributed by atoms with E-state index >= 15 is 0 Å². The monoisotopic (exact) mass is 381 g/mol. The lowest BCUT2D eigenvalue weighted by molar-refractivity contribution is -0.274. The molecular weight excluding hydrogens is 363 g/mol. The number of rotatable bonds is 5. The SMILES string of the molecule is CC1(C)Cc2cccc(OCC(=O)Nc3ccc(OC(F)(F)F)cc3)c2O1. The Labute approximate surface area is 154 Å². The van der Waals surface area contributed by atoms with Gasteiger partial charge in [0, 0.05) is 17.7 Å². The molecule has 8 heteroatoms. The molecule has 2 aromatic rings. The zero-order chi connectivity index (χ0) is 19.7. The van der Waals surface area contributed by atoms with Crippen LogP contribution in [0.1, 0.15) is 19.4 Å². The van der Waals surface area contributed by atoms with E-state index in [4.69, 9.17) is 9.47 Å². The number of fused-ring (bicyclic) bond motifs is 1. The van der Waals surface area contributed by atoms with Crippen molar-refractivity contribution in [3.8, 4) is 17.2 Å². The maximum Gasteiger partial charge on any atom is 0.573 e. The van der Waals surface area contributed by atoms with Crippen LogP contribution >= 0.6 is 0 Å². The zero-order valence-corrected chi connectivity index (χ0v) is 14.7. The average Bonchev–Trinajstić information content (AvgIpc) is 2.88. The molecule has 0 fully saturated rings. The molecule has 0 aliphatic carbocycles. The number of nitrogens with one attached hydrogen (secondary N) is 1. The van der Waals surface area contributed by atoms with Crippen LogP contribution < -0.4 is 19.5 Å². The van der Waals surface area contributed by atoms with E-state index in [1.165, 1.54) is 12.1 Å². The van der Waals surface area contributed by atoms with Gasteiger partial charge in [0.25, 0.3) is 5.91 Å². The molecule has 1 aliphatic rings. The first-order valence-electron chi connectivity index (χ1n) is 8.21. The summed E-state index contributed by atoms with van der Waals surface area (Å²) in [6.45, 7) is 3.67.